The van der Waals surface area contributed by atoms with Crippen molar-refractivity contribution in [3.8, 4) is 5.75 Å². The van der Waals surface area contributed by atoms with Crippen molar-refractivity contribution in [2.24, 2.45) is 4.99 Å². The summed E-state index contributed by atoms with van der Waals surface area (Å²) in [5.74, 6) is 0.345. The van der Waals surface area contributed by atoms with Crippen molar-refractivity contribution >= 4 is 34.4 Å². The maximum atomic E-state index is 11.2. The van der Waals surface area contributed by atoms with Gasteiger partial charge in [-0.1, -0.05) is 56.3 Å². The Hall–Kier alpha value is -3.11. The Morgan fingerprint density at radius 1 is 1.11 bits per heavy atom. The van der Waals surface area contributed by atoms with E-state index in [0.29, 0.717) is 10.9 Å². The van der Waals surface area contributed by atoms with Gasteiger partial charge in [0.25, 0.3) is 0 Å². The van der Waals surface area contributed by atoms with Gasteiger partial charge in [0, 0.05) is 23.5 Å². The lowest BCUT2D eigenvalue weighted by Crippen LogP contribution is -2.27. The van der Waals surface area contributed by atoms with Gasteiger partial charge >= 0.3 is 0 Å². The van der Waals surface area contributed by atoms with Crippen LogP contribution in [0.1, 0.15) is 63.3 Å². The lowest BCUT2D eigenvalue weighted by Gasteiger charge is -2.26. The molecule has 3 rings (SSSR count). The number of nitrogens with zero attached hydrogens (tertiary/aromatic N) is 2. The third-order valence-corrected chi connectivity index (χ3v) is 5.65. The first kappa shape index (κ1) is 29.9. The van der Waals surface area contributed by atoms with Crippen LogP contribution >= 0.6 is 11.6 Å². The number of amides is 1. The molecule has 0 bridgehead atoms. The SMILES string of the molecule is C=C(C(/C=C\C)=C(/C)N=C(C)Cl)c1ccc2c(c1)CCCN2C=O.CC.Cc1ccc(O)cc1C. The van der Waals surface area contributed by atoms with Gasteiger partial charge in [-0.3, -0.25) is 4.79 Å². The Morgan fingerprint density at radius 3 is 2.34 bits per heavy atom. The van der Waals surface area contributed by atoms with Gasteiger partial charge in [-0.25, -0.2) is 4.99 Å². The lowest BCUT2D eigenvalue weighted by molar-refractivity contribution is -0.107. The molecule has 1 N–H and O–H groups in total. The van der Waals surface area contributed by atoms with Crippen molar-refractivity contribution in [1.29, 1.82) is 0 Å². The first-order valence-corrected chi connectivity index (χ1v) is 12.4. The highest BCUT2D eigenvalue weighted by molar-refractivity contribution is 6.64. The van der Waals surface area contributed by atoms with Gasteiger partial charge in [0.1, 0.15) is 10.9 Å². The third-order valence-electron chi connectivity index (χ3n) is 5.57. The average Bonchev–Trinajstić information content (AvgIpc) is 2.85. The van der Waals surface area contributed by atoms with Gasteiger partial charge < -0.3 is 10.0 Å². The summed E-state index contributed by atoms with van der Waals surface area (Å²) in [6.45, 7) is 18.7. The van der Waals surface area contributed by atoms with Crippen LogP contribution in [-0.2, 0) is 11.2 Å². The molecule has 2 aromatic carbocycles. The molecule has 0 fully saturated rings. The highest BCUT2D eigenvalue weighted by atomic mass is 35.5. The summed E-state index contributed by atoms with van der Waals surface area (Å²) < 4.78 is 0. The van der Waals surface area contributed by atoms with Crippen LogP contribution < -0.4 is 4.90 Å². The Kier molecular flexibility index (Phi) is 12.8. The molecule has 35 heavy (non-hydrogen) atoms. The quantitative estimate of drug-likeness (QED) is 0.259. The highest BCUT2D eigenvalue weighted by Crippen LogP contribution is 2.32. The minimum absolute atomic E-state index is 0.345. The highest BCUT2D eigenvalue weighted by Gasteiger charge is 2.17. The molecule has 0 atom stereocenters. The van der Waals surface area contributed by atoms with Crippen LogP contribution in [0.2, 0.25) is 0 Å². The lowest BCUT2D eigenvalue weighted by atomic mass is 9.93. The molecule has 0 spiro atoms. The average molecular weight is 495 g/mol. The molecule has 5 heteroatoms. The summed E-state index contributed by atoms with van der Waals surface area (Å²) >= 11 is 5.92. The fourth-order valence-electron chi connectivity index (χ4n) is 3.70. The molecule has 4 nitrogen and oxygen atoms in total. The second-order valence-corrected chi connectivity index (χ2v) is 8.65. The molecular formula is C30H39ClN2O2. The Balaban J connectivity index is 0.000000464. The molecule has 2 aromatic rings. The predicted octanol–water partition coefficient (Wildman–Crippen LogP) is 8.15. The molecule has 0 saturated heterocycles. The van der Waals surface area contributed by atoms with E-state index >= 15 is 0 Å². The molecule has 1 aliphatic rings. The summed E-state index contributed by atoms with van der Waals surface area (Å²) in [5.41, 5.74) is 8.26. The zero-order chi connectivity index (χ0) is 26.5. The molecule has 1 aliphatic heterocycles. The first-order chi connectivity index (χ1) is 16.7. The summed E-state index contributed by atoms with van der Waals surface area (Å²) in [7, 11) is 0. The van der Waals surface area contributed by atoms with Crippen molar-refractivity contribution in [1.82, 2.24) is 0 Å². The molecular weight excluding hydrogens is 456 g/mol. The van der Waals surface area contributed by atoms with Crippen LogP contribution in [0.5, 0.6) is 5.75 Å². The van der Waals surface area contributed by atoms with E-state index in [-0.39, 0.29) is 0 Å². The number of rotatable bonds is 5. The zero-order valence-electron chi connectivity index (χ0n) is 22.2. The number of fused-ring (bicyclic) bond motifs is 1. The number of allylic oxidation sites excluding steroid dienone is 5. The van der Waals surface area contributed by atoms with Crippen molar-refractivity contribution in [2.45, 2.75) is 61.3 Å². The van der Waals surface area contributed by atoms with E-state index in [4.69, 9.17) is 16.7 Å². The van der Waals surface area contributed by atoms with Crippen molar-refractivity contribution in [3.05, 3.63) is 88.7 Å². The largest absolute Gasteiger partial charge is 0.508 e. The van der Waals surface area contributed by atoms with Crippen molar-refractivity contribution in [3.63, 3.8) is 0 Å². The van der Waals surface area contributed by atoms with E-state index < -0.39 is 0 Å². The number of aliphatic imine (C=N–C) groups is 1. The second-order valence-electron chi connectivity index (χ2n) is 8.10. The second kappa shape index (κ2) is 15.0. The van der Waals surface area contributed by atoms with E-state index in [0.717, 1.165) is 59.5 Å². The van der Waals surface area contributed by atoms with Crippen LogP contribution in [-0.4, -0.2) is 23.2 Å². The van der Waals surface area contributed by atoms with Crippen LogP contribution in [0.15, 0.2) is 71.4 Å². The van der Waals surface area contributed by atoms with Crippen LogP contribution in [0.3, 0.4) is 0 Å². The minimum atomic E-state index is 0.345. The Labute approximate surface area is 216 Å². The molecule has 1 amide bonds. The van der Waals surface area contributed by atoms with Crippen LogP contribution in [0.4, 0.5) is 5.69 Å². The fourth-order valence-corrected chi connectivity index (χ4v) is 3.83. The Bertz CT molecular complexity index is 1110. The van der Waals surface area contributed by atoms with E-state index in [1.807, 2.05) is 71.9 Å². The smallest absolute Gasteiger partial charge is 0.214 e. The number of hydrogen-bond acceptors (Lipinski definition) is 3. The standard InChI is InChI=1S/C20H23ClN2O.C8H10O.C2H6/c1-5-7-19(15(3)22-16(4)21)14(2)17-9-10-20-18(12-17)8-6-11-23(20)13-24;1-6-3-4-8(9)5-7(6)2;1-2/h5,7,9-10,12-13H,2,6,8,11H2,1,3-4H3;3-5,9H,1-2H3;1-2H3/b7-5-,19-15-,22-16?;;. The number of carbonyl (C=O) groups is 1. The maximum absolute atomic E-state index is 11.2. The van der Waals surface area contributed by atoms with Gasteiger partial charge in [-0.15, -0.1) is 0 Å². The first-order valence-electron chi connectivity index (χ1n) is 12.0. The number of aryl methyl sites for hydroxylation is 3. The monoisotopic (exact) mass is 494 g/mol. The number of phenols is 1. The van der Waals surface area contributed by atoms with Crippen LogP contribution in [0.25, 0.3) is 5.57 Å². The van der Waals surface area contributed by atoms with Gasteiger partial charge in [-0.05, 0) is 99.6 Å². The number of carbonyl (C=O) groups excluding carboxylic acids is 1. The normalized spacial score (nSPS) is 13.6. The molecule has 1 heterocycles. The molecule has 0 unspecified atom stereocenters. The summed E-state index contributed by atoms with van der Waals surface area (Å²) in [5, 5.41) is 9.43. The number of phenolic OH excluding ortho intramolecular Hbond substituents is 1. The maximum Gasteiger partial charge on any atom is 0.214 e. The van der Waals surface area contributed by atoms with Gasteiger partial charge in [0.05, 0.1) is 0 Å². The zero-order valence-corrected chi connectivity index (χ0v) is 22.9. The van der Waals surface area contributed by atoms with Gasteiger partial charge in [0.15, 0.2) is 0 Å². The van der Waals surface area contributed by atoms with E-state index in [1.54, 1.807) is 24.0 Å². The minimum Gasteiger partial charge on any atom is -0.508 e. The molecule has 0 radical (unpaired) electrons. The molecule has 0 saturated carbocycles. The number of anilines is 1. The molecule has 188 valence electrons. The Morgan fingerprint density at radius 2 is 1.80 bits per heavy atom. The number of aromatic hydroxyl groups is 1. The van der Waals surface area contributed by atoms with Gasteiger partial charge in [0.2, 0.25) is 6.41 Å². The number of halogens is 1. The van der Waals surface area contributed by atoms with Crippen molar-refractivity contribution < 1.29 is 9.90 Å². The molecule has 0 aliphatic carbocycles. The summed E-state index contributed by atoms with van der Waals surface area (Å²) in [6, 6.07) is 11.5. The topological polar surface area (TPSA) is 52.9 Å². The predicted molar refractivity (Wildman–Crippen MR) is 153 cm³/mol. The van der Waals surface area contributed by atoms with Gasteiger partial charge in [-0.2, -0.15) is 0 Å². The molecule has 0 aromatic heterocycles. The van der Waals surface area contributed by atoms with Crippen LogP contribution in [0, 0.1) is 13.8 Å². The number of hydrogen-bond donors (Lipinski definition) is 1. The fraction of sp³-hybridized carbons (Fsp3) is 0.333. The number of benzene rings is 2. The third kappa shape index (κ3) is 8.88. The van der Waals surface area contributed by atoms with Crippen molar-refractivity contribution in [2.75, 3.05) is 11.4 Å². The van der Waals surface area contributed by atoms with E-state index in [9.17, 15) is 4.79 Å². The van der Waals surface area contributed by atoms with E-state index in [1.165, 1.54) is 11.1 Å². The summed E-state index contributed by atoms with van der Waals surface area (Å²) in [4.78, 5) is 17.3. The summed E-state index contributed by atoms with van der Waals surface area (Å²) in [6.07, 6.45) is 6.82. The van der Waals surface area contributed by atoms with E-state index in [2.05, 4.69) is 17.6 Å².